The van der Waals surface area contributed by atoms with Gasteiger partial charge < -0.3 is 10.4 Å². The highest BCUT2D eigenvalue weighted by Gasteiger charge is 2.38. The van der Waals surface area contributed by atoms with Crippen molar-refractivity contribution in [3.05, 3.63) is 53.6 Å². The number of carboxylic acids is 1. The van der Waals surface area contributed by atoms with Crippen LogP contribution >= 0.6 is 0 Å². The van der Waals surface area contributed by atoms with Crippen molar-refractivity contribution >= 4 is 21.5 Å². The van der Waals surface area contributed by atoms with Crippen LogP contribution in [0.1, 0.15) is 11.1 Å². The van der Waals surface area contributed by atoms with Crippen LogP contribution in [-0.4, -0.2) is 26.0 Å². The molecule has 0 saturated carbocycles. The molecule has 5 nitrogen and oxygen atoms in total. The van der Waals surface area contributed by atoms with Crippen LogP contribution in [0.15, 0.2) is 52.3 Å². The lowest BCUT2D eigenvalue weighted by Crippen LogP contribution is -2.16. The van der Waals surface area contributed by atoms with Gasteiger partial charge >= 0.3 is 18.3 Å². The molecule has 0 fully saturated rings. The molecule has 0 heterocycles. The van der Waals surface area contributed by atoms with Gasteiger partial charge in [0.25, 0.3) is 0 Å². The molecule has 0 unspecified atom stereocenters. The summed E-state index contributed by atoms with van der Waals surface area (Å²) < 4.78 is 103. The third kappa shape index (κ3) is 4.74. The number of sulfone groups is 1. The van der Waals surface area contributed by atoms with E-state index in [1.807, 2.05) is 0 Å². The van der Waals surface area contributed by atoms with Gasteiger partial charge in [0.1, 0.15) is 6.54 Å². The third-order valence-corrected chi connectivity index (χ3v) is 5.27. The first-order valence-electron chi connectivity index (χ1n) is 7.32. The zero-order chi connectivity index (χ0) is 21.3. The Bertz CT molecular complexity index is 967. The van der Waals surface area contributed by atoms with E-state index in [0.717, 1.165) is 12.1 Å². The van der Waals surface area contributed by atoms with Crippen LogP contribution < -0.4 is 5.32 Å². The van der Waals surface area contributed by atoms with Gasteiger partial charge in [-0.2, -0.15) is 26.3 Å². The van der Waals surface area contributed by atoms with E-state index in [9.17, 15) is 39.6 Å². The summed E-state index contributed by atoms with van der Waals surface area (Å²) in [4.78, 5) is 8.77. The zero-order valence-electron chi connectivity index (χ0n) is 13.6. The number of hydrogen-bond donors (Lipinski definition) is 2. The maximum atomic E-state index is 13.0. The smallest absolute Gasteiger partial charge is 0.416 e. The molecule has 2 aromatic carbocycles. The summed E-state index contributed by atoms with van der Waals surface area (Å²) in [7, 11) is -4.84. The summed E-state index contributed by atoms with van der Waals surface area (Å²) >= 11 is 0. The summed E-state index contributed by atoms with van der Waals surface area (Å²) in [6.07, 6.45) is -10.4. The van der Waals surface area contributed by atoms with Crippen molar-refractivity contribution in [3.8, 4) is 0 Å². The minimum absolute atomic E-state index is 0.0958. The molecule has 152 valence electrons. The van der Waals surface area contributed by atoms with Gasteiger partial charge in [-0.3, -0.25) is 4.79 Å². The first-order valence-corrected chi connectivity index (χ1v) is 8.80. The fraction of sp³-hybridized carbons (Fsp3) is 0.188. The Balaban J connectivity index is 2.68. The molecule has 2 N–H and O–H groups in total. The van der Waals surface area contributed by atoms with Crippen molar-refractivity contribution in [1.82, 2.24) is 0 Å². The summed E-state index contributed by atoms with van der Waals surface area (Å²) in [6, 6.07) is 4.58. The quantitative estimate of drug-likeness (QED) is 0.704. The molecule has 0 aliphatic rings. The minimum atomic E-state index is -5.22. The number of anilines is 1. The molecule has 0 atom stereocenters. The highest BCUT2D eigenvalue weighted by molar-refractivity contribution is 7.91. The number of halogens is 6. The standard InChI is InChI=1S/C16H11F6NO4S/c17-15(18,19)9-5-10(16(20,21)22)7-11(6-9)28(26,27)13-4-2-1-3-12(13)23-8-14(24)25/h1-7,23H,8H2,(H,24,25). The summed E-state index contributed by atoms with van der Waals surface area (Å²) in [5.41, 5.74) is -3.84. The molecule has 0 aliphatic heterocycles. The molecule has 0 spiro atoms. The van der Waals surface area contributed by atoms with Crippen LogP contribution in [0.3, 0.4) is 0 Å². The first-order chi connectivity index (χ1) is 12.7. The Morgan fingerprint density at radius 2 is 1.43 bits per heavy atom. The number of carbonyl (C=O) groups is 1. The fourth-order valence-corrected chi connectivity index (χ4v) is 3.73. The summed E-state index contributed by atoms with van der Waals surface area (Å²) in [5, 5.41) is 10.9. The van der Waals surface area contributed by atoms with E-state index in [2.05, 4.69) is 5.32 Å². The van der Waals surface area contributed by atoms with Crippen LogP contribution in [-0.2, 0) is 27.0 Å². The number of alkyl halides is 6. The third-order valence-electron chi connectivity index (χ3n) is 3.48. The van der Waals surface area contributed by atoms with Crippen molar-refractivity contribution in [1.29, 1.82) is 0 Å². The molecule has 2 aromatic rings. The van der Waals surface area contributed by atoms with E-state index >= 15 is 0 Å². The number of para-hydroxylation sites is 1. The van der Waals surface area contributed by atoms with Gasteiger partial charge in [-0.25, -0.2) is 8.42 Å². The van der Waals surface area contributed by atoms with Gasteiger partial charge in [-0.05, 0) is 30.3 Å². The number of carboxylic acid groups (broad SMARTS) is 1. The zero-order valence-corrected chi connectivity index (χ0v) is 14.4. The van der Waals surface area contributed by atoms with Gasteiger partial charge in [-0.15, -0.1) is 0 Å². The van der Waals surface area contributed by atoms with Crippen LogP contribution in [0.4, 0.5) is 32.0 Å². The van der Waals surface area contributed by atoms with Crippen LogP contribution in [0.5, 0.6) is 0 Å². The summed E-state index contributed by atoms with van der Waals surface area (Å²) in [6.45, 7) is -0.719. The molecule has 0 amide bonds. The molecule has 0 aliphatic carbocycles. The van der Waals surface area contributed by atoms with E-state index < -0.39 is 55.6 Å². The van der Waals surface area contributed by atoms with Crippen molar-refractivity contribution in [3.63, 3.8) is 0 Å². The van der Waals surface area contributed by atoms with Crippen LogP contribution in [0.2, 0.25) is 0 Å². The Morgan fingerprint density at radius 1 is 0.929 bits per heavy atom. The molecular formula is C16H11F6NO4S. The van der Waals surface area contributed by atoms with Gasteiger partial charge in [0.2, 0.25) is 9.84 Å². The average molecular weight is 427 g/mol. The van der Waals surface area contributed by atoms with Crippen molar-refractivity contribution in [2.24, 2.45) is 0 Å². The number of aliphatic carboxylic acids is 1. The minimum Gasteiger partial charge on any atom is -0.480 e. The normalized spacial score (nSPS) is 12.6. The maximum Gasteiger partial charge on any atom is 0.416 e. The number of hydrogen-bond acceptors (Lipinski definition) is 4. The monoisotopic (exact) mass is 427 g/mol. The molecule has 12 heteroatoms. The molecule has 0 bridgehead atoms. The molecule has 0 radical (unpaired) electrons. The molecule has 0 saturated heterocycles. The van der Waals surface area contributed by atoms with Crippen LogP contribution in [0.25, 0.3) is 0 Å². The number of rotatable bonds is 5. The molecule has 0 aromatic heterocycles. The van der Waals surface area contributed by atoms with Crippen LogP contribution in [0, 0.1) is 0 Å². The Labute approximate surface area is 154 Å². The second-order valence-electron chi connectivity index (χ2n) is 5.49. The Morgan fingerprint density at radius 3 is 1.89 bits per heavy atom. The lowest BCUT2D eigenvalue weighted by atomic mass is 10.1. The maximum absolute atomic E-state index is 13.0. The molecule has 28 heavy (non-hydrogen) atoms. The van der Waals surface area contributed by atoms with E-state index in [-0.39, 0.29) is 23.9 Å². The highest BCUT2D eigenvalue weighted by Crippen LogP contribution is 2.39. The summed E-state index contributed by atoms with van der Waals surface area (Å²) in [5.74, 6) is -1.36. The molecular weight excluding hydrogens is 416 g/mol. The SMILES string of the molecule is O=C(O)CNc1ccccc1S(=O)(=O)c1cc(C(F)(F)F)cc(C(F)(F)F)c1. The highest BCUT2D eigenvalue weighted by atomic mass is 32.2. The number of benzene rings is 2. The first kappa shape index (κ1) is 21.5. The second-order valence-corrected chi connectivity index (χ2v) is 7.41. The van der Waals surface area contributed by atoms with Gasteiger partial charge in [-0.1, -0.05) is 12.1 Å². The van der Waals surface area contributed by atoms with Gasteiger partial charge in [0.05, 0.1) is 26.6 Å². The van der Waals surface area contributed by atoms with Gasteiger partial charge in [0.15, 0.2) is 0 Å². The Hall–Kier alpha value is -2.76. The van der Waals surface area contributed by atoms with E-state index in [1.165, 1.54) is 12.1 Å². The van der Waals surface area contributed by atoms with Crippen molar-refractivity contribution in [2.75, 3.05) is 11.9 Å². The molecule has 2 rings (SSSR count). The van der Waals surface area contributed by atoms with E-state index in [1.54, 1.807) is 0 Å². The Kier molecular flexibility index (Phi) is 5.64. The predicted octanol–water partition coefficient (Wildman–Crippen LogP) is 4.05. The fourth-order valence-electron chi connectivity index (χ4n) is 2.23. The number of nitrogens with one attached hydrogen (secondary N) is 1. The predicted molar refractivity (Wildman–Crippen MR) is 84.5 cm³/mol. The van der Waals surface area contributed by atoms with E-state index in [4.69, 9.17) is 5.11 Å². The lowest BCUT2D eigenvalue weighted by molar-refractivity contribution is -0.143. The average Bonchev–Trinajstić information content (AvgIpc) is 2.58. The van der Waals surface area contributed by atoms with Crippen molar-refractivity contribution < 1.29 is 44.7 Å². The van der Waals surface area contributed by atoms with Gasteiger partial charge in [0, 0.05) is 0 Å². The lowest BCUT2D eigenvalue weighted by Gasteiger charge is -2.16. The second kappa shape index (κ2) is 7.34. The topological polar surface area (TPSA) is 83.5 Å². The van der Waals surface area contributed by atoms with E-state index in [0.29, 0.717) is 0 Å². The van der Waals surface area contributed by atoms with Crippen molar-refractivity contribution in [2.45, 2.75) is 22.1 Å². The largest absolute Gasteiger partial charge is 0.480 e.